The van der Waals surface area contributed by atoms with Gasteiger partial charge in [-0.1, -0.05) is 24.3 Å². The number of hydrogen-bond acceptors (Lipinski definition) is 4. The van der Waals surface area contributed by atoms with Gasteiger partial charge >= 0.3 is 0 Å². The molecule has 0 saturated heterocycles. The van der Waals surface area contributed by atoms with Crippen LogP contribution in [0.1, 0.15) is 10.4 Å². The molecule has 3 rings (SSSR count). The monoisotopic (exact) mass is 280 g/mol. The third kappa shape index (κ3) is 2.42. The number of fused-ring (bicyclic) bond motifs is 1. The van der Waals surface area contributed by atoms with Crippen LogP contribution in [0.4, 0.5) is 0 Å². The molecule has 0 saturated carbocycles. The van der Waals surface area contributed by atoms with E-state index in [1.165, 1.54) is 6.07 Å². The highest BCUT2D eigenvalue weighted by Crippen LogP contribution is 2.22. The first-order chi connectivity index (χ1) is 10.2. The predicted molar refractivity (Wildman–Crippen MR) is 79.6 cm³/mol. The van der Waals surface area contributed by atoms with Gasteiger partial charge in [0, 0.05) is 17.2 Å². The second-order valence-corrected chi connectivity index (χ2v) is 4.52. The molecule has 1 aromatic heterocycles. The molecule has 0 aliphatic rings. The first-order valence-corrected chi connectivity index (χ1v) is 6.33. The summed E-state index contributed by atoms with van der Waals surface area (Å²) in [5.74, 6) is 5.16. The number of benzene rings is 2. The molecule has 3 aromatic rings. The van der Waals surface area contributed by atoms with Crippen molar-refractivity contribution in [3.63, 3.8) is 0 Å². The SMILES string of the molecule is NNC(=O)c1ccc(-c2cc(=O)c3ccccc3o2)cc1. The molecule has 5 nitrogen and oxygen atoms in total. The van der Waals surface area contributed by atoms with E-state index >= 15 is 0 Å². The second kappa shape index (κ2) is 5.22. The molecule has 21 heavy (non-hydrogen) atoms. The van der Waals surface area contributed by atoms with E-state index in [0.717, 1.165) is 0 Å². The van der Waals surface area contributed by atoms with Crippen molar-refractivity contribution in [2.45, 2.75) is 0 Å². The molecule has 104 valence electrons. The van der Waals surface area contributed by atoms with Gasteiger partial charge in [-0.05, 0) is 24.3 Å². The molecule has 0 aliphatic carbocycles. The quantitative estimate of drug-likeness (QED) is 0.427. The van der Waals surface area contributed by atoms with Crippen molar-refractivity contribution in [3.8, 4) is 11.3 Å². The summed E-state index contributed by atoms with van der Waals surface area (Å²) in [6.07, 6.45) is 0. The van der Waals surface area contributed by atoms with Gasteiger partial charge in [-0.15, -0.1) is 0 Å². The minimum Gasteiger partial charge on any atom is -0.456 e. The van der Waals surface area contributed by atoms with Gasteiger partial charge < -0.3 is 4.42 Å². The van der Waals surface area contributed by atoms with Gasteiger partial charge in [0.25, 0.3) is 5.91 Å². The number of nitrogen functional groups attached to an aromatic ring is 1. The molecule has 0 aliphatic heterocycles. The lowest BCUT2D eigenvalue weighted by molar-refractivity contribution is 0.0953. The van der Waals surface area contributed by atoms with Crippen molar-refractivity contribution in [1.82, 2.24) is 5.43 Å². The lowest BCUT2D eigenvalue weighted by atomic mass is 10.1. The predicted octanol–water partition coefficient (Wildman–Crippen LogP) is 2.06. The summed E-state index contributed by atoms with van der Waals surface area (Å²) in [7, 11) is 0. The van der Waals surface area contributed by atoms with Crippen molar-refractivity contribution >= 4 is 16.9 Å². The summed E-state index contributed by atoms with van der Waals surface area (Å²) in [5, 5.41) is 0.542. The minimum absolute atomic E-state index is 0.101. The first kappa shape index (κ1) is 13.1. The van der Waals surface area contributed by atoms with Gasteiger partial charge in [-0.25, -0.2) is 5.84 Å². The van der Waals surface area contributed by atoms with Gasteiger partial charge in [-0.3, -0.25) is 15.0 Å². The largest absolute Gasteiger partial charge is 0.456 e. The van der Waals surface area contributed by atoms with Crippen LogP contribution >= 0.6 is 0 Å². The van der Waals surface area contributed by atoms with E-state index in [1.807, 2.05) is 6.07 Å². The molecule has 0 atom stereocenters. The zero-order valence-corrected chi connectivity index (χ0v) is 11.0. The standard InChI is InChI=1S/C16H12N2O3/c17-18-16(20)11-7-5-10(6-8-11)15-9-13(19)12-3-1-2-4-14(12)21-15/h1-9H,17H2,(H,18,20). The van der Waals surface area contributed by atoms with Crippen LogP contribution < -0.4 is 16.7 Å². The van der Waals surface area contributed by atoms with Gasteiger partial charge in [-0.2, -0.15) is 0 Å². The highest BCUT2D eigenvalue weighted by Gasteiger charge is 2.08. The van der Waals surface area contributed by atoms with Crippen LogP contribution in [0.25, 0.3) is 22.3 Å². The zero-order valence-electron chi connectivity index (χ0n) is 11.0. The Morgan fingerprint density at radius 1 is 1.05 bits per heavy atom. The molecule has 0 unspecified atom stereocenters. The molecule has 0 fully saturated rings. The third-order valence-electron chi connectivity index (χ3n) is 3.20. The lowest BCUT2D eigenvalue weighted by Crippen LogP contribution is -2.29. The van der Waals surface area contributed by atoms with Crippen molar-refractivity contribution in [2.24, 2.45) is 5.84 Å². The normalized spacial score (nSPS) is 10.5. The Kier molecular flexibility index (Phi) is 3.25. The van der Waals surface area contributed by atoms with Crippen LogP contribution in [0.2, 0.25) is 0 Å². The lowest BCUT2D eigenvalue weighted by Gasteiger charge is -2.04. The fourth-order valence-corrected chi connectivity index (χ4v) is 2.12. The Balaban J connectivity index is 2.08. The van der Waals surface area contributed by atoms with E-state index in [2.05, 4.69) is 5.43 Å². The van der Waals surface area contributed by atoms with E-state index in [9.17, 15) is 9.59 Å². The van der Waals surface area contributed by atoms with Crippen molar-refractivity contribution < 1.29 is 9.21 Å². The average Bonchev–Trinajstić information content (AvgIpc) is 2.54. The number of carbonyl (C=O) groups excluding carboxylic acids is 1. The average molecular weight is 280 g/mol. The molecule has 1 amide bonds. The van der Waals surface area contributed by atoms with Crippen LogP contribution in [0.15, 0.2) is 63.8 Å². The van der Waals surface area contributed by atoms with Crippen LogP contribution in [0.5, 0.6) is 0 Å². The Bertz CT molecular complexity index is 867. The van der Waals surface area contributed by atoms with Gasteiger partial charge in [0.05, 0.1) is 5.39 Å². The third-order valence-corrected chi connectivity index (χ3v) is 3.20. The topological polar surface area (TPSA) is 85.3 Å². The molecule has 0 spiro atoms. The summed E-state index contributed by atoms with van der Waals surface area (Å²) < 4.78 is 5.73. The number of hydrazine groups is 1. The molecule has 3 N–H and O–H groups in total. The van der Waals surface area contributed by atoms with Crippen LogP contribution in [0, 0.1) is 0 Å². The van der Waals surface area contributed by atoms with E-state index in [1.54, 1.807) is 42.5 Å². The highest BCUT2D eigenvalue weighted by molar-refractivity contribution is 5.94. The smallest absolute Gasteiger partial charge is 0.265 e. The Labute approximate surface area is 120 Å². The molecular weight excluding hydrogens is 268 g/mol. The molecule has 2 aromatic carbocycles. The second-order valence-electron chi connectivity index (χ2n) is 4.52. The Morgan fingerprint density at radius 3 is 2.48 bits per heavy atom. The first-order valence-electron chi connectivity index (χ1n) is 6.33. The molecular formula is C16H12N2O3. The summed E-state index contributed by atoms with van der Waals surface area (Å²) in [6.45, 7) is 0. The van der Waals surface area contributed by atoms with Gasteiger partial charge in [0.1, 0.15) is 11.3 Å². The number of amides is 1. The maximum atomic E-state index is 12.1. The number of nitrogens with one attached hydrogen (secondary N) is 1. The van der Waals surface area contributed by atoms with Crippen LogP contribution in [0.3, 0.4) is 0 Å². The van der Waals surface area contributed by atoms with E-state index in [4.69, 9.17) is 10.3 Å². The molecule has 0 radical (unpaired) electrons. The Hall–Kier alpha value is -2.92. The van der Waals surface area contributed by atoms with E-state index in [0.29, 0.717) is 27.9 Å². The zero-order chi connectivity index (χ0) is 14.8. The highest BCUT2D eigenvalue weighted by atomic mass is 16.3. The summed E-state index contributed by atoms with van der Waals surface area (Å²) in [6, 6.07) is 15.2. The number of carbonyl (C=O) groups is 1. The number of nitrogens with two attached hydrogens (primary N) is 1. The van der Waals surface area contributed by atoms with Crippen LogP contribution in [-0.4, -0.2) is 5.91 Å². The maximum Gasteiger partial charge on any atom is 0.265 e. The maximum absolute atomic E-state index is 12.1. The summed E-state index contributed by atoms with van der Waals surface area (Å²) in [5.41, 5.74) is 3.64. The summed E-state index contributed by atoms with van der Waals surface area (Å²) >= 11 is 0. The molecule has 1 heterocycles. The fourth-order valence-electron chi connectivity index (χ4n) is 2.12. The van der Waals surface area contributed by atoms with E-state index < -0.39 is 0 Å². The Morgan fingerprint density at radius 2 is 1.76 bits per heavy atom. The minimum atomic E-state index is -0.374. The van der Waals surface area contributed by atoms with E-state index in [-0.39, 0.29) is 11.3 Å². The fraction of sp³-hybridized carbons (Fsp3) is 0. The van der Waals surface area contributed by atoms with Gasteiger partial charge in [0.15, 0.2) is 5.43 Å². The van der Waals surface area contributed by atoms with Gasteiger partial charge in [0.2, 0.25) is 0 Å². The number of hydrogen-bond donors (Lipinski definition) is 2. The summed E-state index contributed by atoms with van der Waals surface area (Å²) in [4.78, 5) is 23.4. The van der Waals surface area contributed by atoms with Crippen molar-refractivity contribution in [1.29, 1.82) is 0 Å². The van der Waals surface area contributed by atoms with Crippen molar-refractivity contribution in [3.05, 3.63) is 70.4 Å². The molecule has 0 bridgehead atoms. The molecule has 5 heteroatoms. The number of rotatable bonds is 2. The van der Waals surface area contributed by atoms with Crippen LogP contribution in [-0.2, 0) is 0 Å². The van der Waals surface area contributed by atoms with Crippen molar-refractivity contribution in [2.75, 3.05) is 0 Å². The number of para-hydroxylation sites is 1.